The number of halogens is 1. The van der Waals surface area contributed by atoms with E-state index in [1.165, 1.54) is 0 Å². The van der Waals surface area contributed by atoms with Crippen LogP contribution in [0.15, 0.2) is 0 Å². The summed E-state index contributed by atoms with van der Waals surface area (Å²) >= 11 is 5.81. The Morgan fingerprint density at radius 2 is 2.11 bits per heavy atom. The van der Waals surface area contributed by atoms with Gasteiger partial charge in [-0.1, -0.05) is 11.6 Å². The van der Waals surface area contributed by atoms with Gasteiger partial charge in [-0.25, -0.2) is 9.97 Å². The SMILES string of the molecule is Cc1nc(Cl)c(C=O)c(NCC(=O)NC(C)C)n1. The molecule has 1 rings (SSSR count). The minimum Gasteiger partial charge on any atom is -0.360 e. The molecule has 98 valence electrons. The zero-order valence-corrected chi connectivity index (χ0v) is 11.2. The molecule has 18 heavy (non-hydrogen) atoms. The van der Waals surface area contributed by atoms with E-state index in [4.69, 9.17) is 11.6 Å². The fourth-order valence-electron chi connectivity index (χ4n) is 1.32. The summed E-state index contributed by atoms with van der Waals surface area (Å²) in [4.78, 5) is 30.2. The smallest absolute Gasteiger partial charge is 0.239 e. The quantitative estimate of drug-likeness (QED) is 0.620. The van der Waals surface area contributed by atoms with Crippen LogP contribution in [0.2, 0.25) is 5.15 Å². The molecular weight excluding hydrogens is 256 g/mol. The van der Waals surface area contributed by atoms with Gasteiger partial charge in [0.05, 0.1) is 12.1 Å². The lowest BCUT2D eigenvalue weighted by molar-refractivity contribution is -0.119. The van der Waals surface area contributed by atoms with E-state index in [-0.39, 0.29) is 35.0 Å². The summed E-state index contributed by atoms with van der Waals surface area (Å²) in [5.74, 6) is 0.507. The van der Waals surface area contributed by atoms with Gasteiger partial charge in [-0.15, -0.1) is 0 Å². The van der Waals surface area contributed by atoms with Crippen molar-refractivity contribution in [1.82, 2.24) is 15.3 Å². The predicted molar refractivity (Wildman–Crippen MR) is 68.9 cm³/mol. The number of nitrogens with zero attached hydrogens (tertiary/aromatic N) is 2. The molecule has 1 aromatic rings. The molecule has 0 fully saturated rings. The molecule has 0 aromatic carbocycles. The number of aryl methyl sites for hydroxylation is 1. The second kappa shape index (κ2) is 6.30. The Labute approximate surface area is 110 Å². The van der Waals surface area contributed by atoms with E-state index in [1.807, 2.05) is 13.8 Å². The lowest BCUT2D eigenvalue weighted by Crippen LogP contribution is -2.35. The summed E-state index contributed by atoms with van der Waals surface area (Å²) in [6.07, 6.45) is 0.560. The van der Waals surface area contributed by atoms with E-state index in [0.29, 0.717) is 12.1 Å². The standard InChI is InChI=1S/C11H15ClN4O2/c1-6(2)14-9(18)4-13-11-8(5-17)10(12)15-7(3)16-11/h5-6H,4H2,1-3H3,(H,14,18)(H,13,15,16). The van der Waals surface area contributed by atoms with E-state index >= 15 is 0 Å². The van der Waals surface area contributed by atoms with Gasteiger partial charge < -0.3 is 10.6 Å². The molecule has 0 unspecified atom stereocenters. The van der Waals surface area contributed by atoms with Crippen molar-refractivity contribution in [2.24, 2.45) is 0 Å². The molecule has 0 radical (unpaired) electrons. The van der Waals surface area contributed by atoms with Crippen LogP contribution in [-0.4, -0.2) is 34.7 Å². The average Bonchev–Trinajstić information content (AvgIpc) is 2.24. The molecule has 7 heteroatoms. The van der Waals surface area contributed by atoms with Gasteiger partial charge in [-0.3, -0.25) is 9.59 Å². The Kier molecular flexibility index (Phi) is 5.03. The monoisotopic (exact) mass is 270 g/mol. The molecule has 0 aliphatic heterocycles. The Hall–Kier alpha value is -1.69. The average molecular weight is 271 g/mol. The van der Waals surface area contributed by atoms with Crippen molar-refractivity contribution in [1.29, 1.82) is 0 Å². The Bertz CT molecular complexity index is 463. The van der Waals surface area contributed by atoms with E-state index in [0.717, 1.165) is 0 Å². The third kappa shape index (κ3) is 3.96. The number of hydrogen-bond donors (Lipinski definition) is 2. The van der Waals surface area contributed by atoms with E-state index in [9.17, 15) is 9.59 Å². The minimum atomic E-state index is -0.186. The molecule has 0 aliphatic carbocycles. The Morgan fingerprint density at radius 3 is 2.67 bits per heavy atom. The largest absolute Gasteiger partial charge is 0.360 e. The number of carbonyl (C=O) groups is 2. The van der Waals surface area contributed by atoms with Gasteiger partial charge in [0.15, 0.2) is 6.29 Å². The maximum Gasteiger partial charge on any atom is 0.239 e. The number of rotatable bonds is 5. The number of amides is 1. The van der Waals surface area contributed by atoms with Crippen LogP contribution in [-0.2, 0) is 4.79 Å². The van der Waals surface area contributed by atoms with Crippen LogP contribution in [0.5, 0.6) is 0 Å². The summed E-state index contributed by atoms with van der Waals surface area (Å²) in [6, 6.07) is 0.0561. The molecule has 0 saturated carbocycles. The van der Waals surface area contributed by atoms with E-state index < -0.39 is 0 Å². The number of aromatic nitrogens is 2. The molecular formula is C11H15ClN4O2. The van der Waals surface area contributed by atoms with Gasteiger partial charge in [-0.2, -0.15) is 0 Å². The lowest BCUT2D eigenvalue weighted by Gasteiger charge is -2.11. The fraction of sp³-hybridized carbons (Fsp3) is 0.455. The maximum absolute atomic E-state index is 11.5. The zero-order valence-electron chi connectivity index (χ0n) is 10.5. The highest BCUT2D eigenvalue weighted by Gasteiger charge is 2.12. The minimum absolute atomic E-state index is 0.0196. The maximum atomic E-state index is 11.5. The highest BCUT2D eigenvalue weighted by Crippen LogP contribution is 2.18. The van der Waals surface area contributed by atoms with E-state index in [1.54, 1.807) is 6.92 Å². The van der Waals surface area contributed by atoms with Gasteiger partial charge in [0.1, 0.15) is 16.8 Å². The summed E-state index contributed by atoms with van der Waals surface area (Å²) < 4.78 is 0. The highest BCUT2D eigenvalue weighted by atomic mass is 35.5. The van der Waals surface area contributed by atoms with Crippen LogP contribution < -0.4 is 10.6 Å². The number of nitrogens with one attached hydrogen (secondary N) is 2. The summed E-state index contributed by atoms with van der Waals surface area (Å²) in [6.45, 7) is 5.40. The molecule has 0 aliphatic rings. The summed E-state index contributed by atoms with van der Waals surface area (Å²) in [5.41, 5.74) is 0.152. The number of carbonyl (C=O) groups excluding carboxylic acids is 2. The molecule has 0 atom stereocenters. The van der Waals surface area contributed by atoms with Crippen LogP contribution in [0.3, 0.4) is 0 Å². The second-order valence-electron chi connectivity index (χ2n) is 4.02. The first-order chi connectivity index (χ1) is 8.43. The van der Waals surface area contributed by atoms with Gasteiger partial charge in [0.2, 0.25) is 5.91 Å². The molecule has 2 N–H and O–H groups in total. The first-order valence-corrected chi connectivity index (χ1v) is 5.84. The third-order valence-electron chi connectivity index (χ3n) is 1.99. The molecule has 0 saturated heterocycles. The summed E-state index contributed by atoms with van der Waals surface area (Å²) in [5, 5.41) is 5.56. The van der Waals surface area contributed by atoms with Gasteiger partial charge in [0, 0.05) is 6.04 Å². The molecule has 0 bridgehead atoms. The van der Waals surface area contributed by atoms with Crippen LogP contribution in [0.1, 0.15) is 30.0 Å². The van der Waals surface area contributed by atoms with Crippen molar-refractivity contribution in [3.05, 3.63) is 16.5 Å². The van der Waals surface area contributed by atoms with Crippen LogP contribution >= 0.6 is 11.6 Å². The predicted octanol–water partition coefficient (Wildman–Crippen LogP) is 1.19. The lowest BCUT2D eigenvalue weighted by atomic mass is 10.3. The van der Waals surface area contributed by atoms with Crippen molar-refractivity contribution in [3.8, 4) is 0 Å². The fourth-order valence-corrected chi connectivity index (χ4v) is 1.58. The van der Waals surface area contributed by atoms with Crippen LogP contribution in [0, 0.1) is 6.92 Å². The molecule has 1 aromatic heterocycles. The van der Waals surface area contributed by atoms with Crippen molar-refractivity contribution < 1.29 is 9.59 Å². The van der Waals surface area contributed by atoms with Crippen molar-refractivity contribution >= 4 is 29.6 Å². The molecule has 6 nitrogen and oxygen atoms in total. The van der Waals surface area contributed by atoms with Gasteiger partial charge in [0.25, 0.3) is 0 Å². The zero-order chi connectivity index (χ0) is 13.7. The molecule has 0 spiro atoms. The highest BCUT2D eigenvalue weighted by molar-refractivity contribution is 6.32. The first kappa shape index (κ1) is 14.4. The van der Waals surface area contributed by atoms with Crippen molar-refractivity contribution in [2.45, 2.75) is 26.8 Å². The van der Waals surface area contributed by atoms with Crippen molar-refractivity contribution in [3.63, 3.8) is 0 Å². The molecule has 1 heterocycles. The molecule has 1 amide bonds. The second-order valence-corrected chi connectivity index (χ2v) is 4.38. The Balaban J connectivity index is 2.78. The van der Waals surface area contributed by atoms with Crippen LogP contribution in [0.4, 0.5) is 5.82 Å². The topological polar surface area (TPSA) is 84.0 Å². The number of anilines is 1. The van der Waals surface area contributed by atoms with Crippen molar-refractivity contribution in [2.75, 3.05) is 11.9 Å². The Morgan fingerprint density at radius 1 is 1.44 bits per heavy atom. The van der Waals surface area contributed by atoms with Gasteiger partial charge >= 0.3 is 0 Å². The first-order valence-electron chi connectivity index (χ1n) is 5.46. The van der Waals surface area contributed by atoms with E-state index in [2.05, 4.69) is 20.6 Å². The van der Waals surface area contributed by atoms with Crippen LogP contribution in [0.25, 0.3) is 0 Å². The normalized spacial score (nSPS) is 10.3. The van der Waals surface area contributed by atoms with Gasteiger partial charge in [-0.05, 0) is 20.8 Å². The summed E-state index contributed by atoms with van der Waals surface area (Å²) in [7, 11) is 0. The third-order valence-corrected chi connectivity index (χ3v) is 2.28. The number of hydrogen-bond acceptors (Lipinski definition) is 5. The number of aldehydes is 1.